The van der Waals surface area contributed by atoms with Crippen molar-refractivity contribution < 1.29 is 5.11 Å². The Kier molecular flexibility index (Phi) is 4.62. The lowest BCUT2D eigenvalue weighted by Gasteiger charge is -2.29. The number of aliphatic hydroxyl groups is 1. The Balaban J connectivity index is 2.21. The molecule has 1 atom stereocenters. The molecule has 1 aliphatic heterocycles. The molecule has 1 aromatic rings. The molecule has 0 amide bonds. The summed E-state index contributed by atoms with van der Waals surface area (Å²) < 4.78 is 0. The minimum atomic E-state index is 0.207. The first kappa shape index (κ1) is 12.6. The van der Waals surface area contributed by atoms with Crippen LogP contribution >= 0.6 is 11.8 Å². The smallest absolute Gasteiger partial charge is 0.133 e. The fourth-order valence-corrected chi connectivity index (χ4v) is 2.64. The zero-order valence-electron chi connectivity index (χ0n) is 10.2. The maximum Gasteiger partial charge on any atom is 0.133 e. The van der Waals surface area contributed by atoms with Crippen LogP contribution in [0.3, 0.4) is 0 Å². The molecule has 94 valence electrons. The number of hydrogen-bond donors (Lipinski definition) is 1. The lowest BCUT2D eigenvalue weighted by Crippen LogP contribution is -2.38. The summed E-state index contributed by atoms with van der Waals surface area (Å²) >= 11 is 1.62. The van der Waals surface area contributed by atoms with Crippen LogP contribution in [0.1, 0.15) is 25.7 Å². The zero-order valence-corrected chi connectivity index (χ0v) is 11.0. The van der Waals surface area contributed by atoms with Crippen LogP contribution in [0, 0.1) is 0 Å². The largest absolute Gasteiger partial charge is 0.394 e. The van der Waals surface area contributed by atoms with Crippen molar-refractivity contribution in [1.82, 2.24) is 9.97 Å². The van der Waals surface area contributed by atoms with Crippen molar-refractivity contribution in [1.29, 1.82) is 0 Å². The van der Waals surface area contributed by atoms with Gasteiger partial charge in [-0.05, 0) is 19.1 Å². The molecule has 1 saturated heterocycles. The quantitative estimate of drug-likeness (QED) is 0.659. The maximum atomic E-state index is 9.48. The Bertz CT molecular complexity index is 361. The van der Waals surface area contributed by atoms with E-state index in [1.165, 1.54) is 19.3 Å². The highest BCUT2D eigenvalue weighted by atomic mass is 32.2. The molecule has 5 heteroatoms. The molecule has 0 aromatic carbocycles. The average Bonchev–Trinajstić information content (AvgIpc) is 2.63. The number of aliphatic hydroxyl groups excluding tert-OH is 1. The Labute approximate surface area is 106 Å². The summed E-state index contributed by atoms with van der Waals surface area (Å²) in [6.45, 7) is 1.19. The van der Waals surface area contributed by atoms with Crippen LogP contribution < -0.4 is 4.90 Å². The standard InChI is InChI=1S/C12H19N3OS/c1-17-12-7-11(13-9-14-12)15-6-4-2-3-5-10(15)8-16/h7,9-10,16H,2-6,8H2,1H3. The van der Waals surface area contributed by atoms with Crippen molar-refractivity contribution in [3.05, 3.63) is 12.4 Å². The Hall–Kier alpha value is -0.810. The minimum absolute atomic E-state index is 0.207. The second-order valence-corrected chi connectivity index (χ2v) is 5.12. The summed E-state index contributed by atoms with van der Waals surface area (Å²) in [5.74, 6) is 0.949. The molecule has 0 radical (unpaired) electrons. The first-order valence-electron chi connectivity index (χ1n) is 6.08. The average molecular weight is 253 g/mol. The van der Waals surface area contributed by atoms with Crippen molar-refractivity contribution in [3.63, 3.8) is 0 Å². The van der Waals surface area contributed by atoms with Gasteiger partial charge in [0.15, 0.2) is 0 Å². The summed E-state index contributed by atoms with van der Waals surface area (Å²) in [4.78, 5) is 10.8. The Morgan fingerprint density at radius 3 is 3.06 bits per heavy atom. The van der Waals surface area contributed by atoms with Crippen molar-refractivity contribution in [2.75, 3.05) is 24.3 Å². The molecule has 1 aliphatic rings. The van der Waals surface area contributed by atoms with Crippen molar-refractivity contribution in [3.8, 4) is 0 Å². The van der Waals surface area contributed by atoms with Crippen molar-refractivity contribution in [2.24, 2.45) is 0 Å². The normalized spacial score (nSPS) is 21.3. The van der Waals surface area contributed by atoms with Crippen LogP contribution in [0.25, 0.3) is 0 Å². The van der Waals surface area contributed by atoms with E-state index in [1.54, 1.807) is 18.1 Å². The second-order valence-electron chi connectivity index (χ2n) is 4.30. The second kappa shape index (κ2) is 6.21. The van der Waals surface area contributed by atoms with E-state index in [9.17, 15) is 5.11 Å². The van der Waals surface area contributed by atoms with E-state index in [0.717, 1.165) is 23.8 Å². The third-order valence-corrected chi connectivity index (χ3v) is 3.86. The molecule has 0 aliphatic carbocycles. The van der Waals surface area contributed by atoms with Gasteiger partial charge in [-0.25, -0.2) is 9.97 Å². The molecule has 0 spiro atoms. The summed E-state index contributed by atoms with van der Waals surface area (Å²) in [7, 11) is 0. The topological polar surface area (TPSA) is 49.2 Å². The number of rotatable bonds is 3. The first-order chi connectivity index (χ1) is 8.35. The van der Waals surface area contributed by atoms with Gasteiger partial charge in [0.25, 0.3) is 0 Å². The van der Waals surface area contributed by atoms with E-state index in [1.807, 2.05) is 12.3 Å². The van der Waals surface area contributed by atoms with Crippen LogP contribution in [0.2, 0.25) is 0 Å². The lowest BCUT2D eigenvalue weighted by atomic mass is 10.1. The molecule has 0 saturated carbocycles. The third kappa shape index (κ3) is 3.10. The van der Waals surface area contributed by atoms with E-state index in [2.05, 4.69) is 14.9 Å². The molecule has 1 aromatic heterocycles. The van der Waals surface area contributed by atoms with Crippen molar-refractivity contribution in [2.45, 2.75) is 36.8 Å². The fourth-order valence-electron chi connectivity index (χ4n) is 2.27. The number of aromatic nitrogens is 2. The van der Waals surface area contributed by atoms with Gasteiger partial charge >= 0.3 is 0 Å². The molecular formula is C12H19N3OS. The van der Waals surface area contributed by atoms with Gasteiger partial charge in [0.05, 0.1) is 12.6 Å². The van der Waals surface area contributed by atoms with E-state index in [0.29, 0.717) is 0 Å². The maximum absolute atomic E-state index is 9.48. The summed E-state index contributed by atoms with van der Waals surface area (Å²) in [6.07, 6.45) is 8.29. The van der Waals surface area contributed by atoms with Gasteiger partial charge < -0.3 is 10.0 Å². The minimum Gasteiger partial charge on any atom is -0.394 e. The fraction of sp³-hybridized carbons (Fsp3) is 0.667. The van der Waals surface area contributed by atoms with Gasteiger partial charge in [0, 0.05) is 12.6 Å². The summed E-state index contributed by atoms with van der Waals surface area (Å²) in [5, 5.41) is 10.5. The number of hydrogen-bond acceptors (Lipinski definition) is 5. The van der Waals surface area contributed by atoms with Crippen LogP contribution in [0.15, 0.2) is 17.4 Å². The molecule has 1 N–H and O–H groups in total. The predicted molar refractivity (Wildman–Crippen MR) is 70.5 cm³/mol. The number of thioether (sulfide) groups is 1. The first-order valence-corrected chi connectivity index (χ1v) is 7.31. The molecule has 1 fully saturated rings. The lowest BCUT2D eigenvalue weighted by molar-refractivity contribution is 0.254. The van der Waals surface area contributed by atoms with Gasteiger partial charge in [0.2, 0.25) is 0 Å². The highest BCUT2D eigenvalue weighted by Crippen LogP contribution is 2.24. The molecule has 2 heterocycles. The van der Waals surface area contributed by atoms with Gasteiger partial charge in [-0.1, -0.05) is 12.8 Å². The molecule has 4 nitrogen and oxygen atoms in total. The van der Waals surface area contributed by atoms with Crippen LogP contribution in [0.4, 0.5) is 5.82 Å². The molecule has 17 heavy (non-hydrogen) atoms. The monoisotopic (exact) mass is 253 g/mol. The molecule has 1 unspecified atom stereocenters. The van der Waals surface area contributed by atoms with E-state index in [-0.39, 0.29) is 12.6 Å². The molecular weight excluding hydrogens is 234 g/mol. The number of nitrogens with zero attached hydrogens (tertiary/aromatic N) is 3. The highest BCUT2D eigenvalue weighted by molar-refractivity contribution is 7.98. The zero-order chi connectivity index (χ0) is 12.1. The van der Waals surface area contributed by atoms with Crippen LogP contribution in [0.5, 0.6) is 0 Å². The van der Waals surface area contributed by atoms with Crippen LogP contribution in [-0.4, -0.2) is 40.5 Å². The molecule has 2 rings (SSSR count). The van der Waals surface area contributed by atoms with E-state index < -0.39 is 0 Å². The Morgan fingerprint density at radius 2 is 2.29 bits per heavy atom. The van der Waals surface area contributed by atoms with Gasteiger partial charge in [-0.3, -0.25) is 0 Å². The summed E-state index contributed by atoms with van der Waals surface area (Å²) in [6, 6.07) is 2.22. The van der Waals surface area contributed by atoms with Crippen molar-refractivity contribution >= 4 is 17.6 Å². The van der Waals surface area contributed by atoms with Gasteiger partial charge in [0.1, 0.15) is 17.2 Å². The Morgan fingerprint density at radius 1 is 1.41 bits per heavy atom. The van der Waals surface area contributed by atoms with Crippen LogP contribution in [-0.2, 0) is 0 Å². The van der Waals surface area contributed by atoms with Gasteiger partial charge in [-0.2, -0.15) is 0 Å². The summed E-state index contributed by atoms with van der Waals surface area (Å²) in [5.41, 5.74) is 0. The van der Waals surface area contributed by atoms with E-state index in [4.69, 9.17) is 0 Å². The predicted octanol–water partition coefficient (Wildman–Crippen LogP) is 1.94. The van der Waals surface area contributed by atoms with E-state index >= 15 is 0 Å². The highest BCUT2D eigenvalue weighted by Gasteiger charge is 2.21. The van der Waals surface area contributed by atoms with Gasteiger partial charge in [-0.15, -0.1) is 11.8 Å². The third-order valence-electron chi connectivity index (χ3n) is 3.22. The molecule has 0 bridgehead atoms. The number of anilines is 1. The SMILES string of the molecule is CSc1cc(N2CCCCCC2CO)ncn1.